The molecule has 4 heteroatoms. The van der Waals surface area contributed by atoms with E-state index < -0.39 is 0 Å². The van der Waals surface area contributed by atoms with Crippen molar-refractivity contribution >= 4 is 11.6 Å². The van der Waals surface area contributed by atoms with Crippen LogP contribution in [0.1, 0.15) is 43.0 Å². The monoisotopic (exact) mass is 276 g/mol. The number of ether oxygens (including phenoxy) is 1. The van der Waals surface area contributed by atoms with E-state index in [2.05, 4.69) is 12.2 Å². The fraction of sp³-hybridized carbons (Fsp3) is 0.562. The van der Waals surface area contributed by atoms with Crippen molar-refractivity contribution in [2.45, 2.75) is 32.6 Å². The summed E-state index contributed by atoms with van der Waals surface area (Å²) >= 11 is 0. The molecule has 3 N–H and O–H groups in total. The third-order valence-corrected chi connectivity index (χ3v) is 4.24. The van der Waals surface area contributed by atoms with Crippen LogP contribution in [0.5, 0.6) is 5.75 Å². The molecule has 2 unspecified atom stereocenters. The van der Waals surface area contributed by atoms with Gasteiger partial charge in [0.25, 0.3) is 5.91 Å². The normalized spacial score (nSPS) is 22.3. The zero-order valence-electron chi connectivity index (χ0n) is 12.3. The highest BCUT2D eigenvalue weighted by atomic mass is 16.5. The quantitative estimate of drug-likeness (QED) is 0.831. The highest BCUT2D eigenvalue weighted by Crippen LogP contribution is 2.29. The van der Waals surface area contributed by atoms with Gasteiger partial charge in [0.1, 0.15) is 5.75 Å². The minimum atomic E-state index is -0.0756. The van der Waals surface area contributed by atoms with Crippen molar-refractivity contribution in [2.24, 2.45) is 11.8 Å². The van der Waals surface area contributed by atoms with Crippen molar-refractivity contribution in [3.05, 3.63) is 23.8 Å². The highest BCUT2D eigenvalue weighted by Gasteiger charge is 2.21. The Bertz CT molecular complexity index is 474. The van der Waals surface area contributed by atoms with E-state index in [9.17, 15) is 4.79 Å². The van der Waals surface area contributed by atoms with E-state index in [0.29, 0.717) is 28.8 Å². The Morgan fingerprint density at radius 3 is 2.80 bits per heavy atom. The molecule has 0 saturated heterocycles. The Labute approximate surface area is 120 Å². The van der Waals surface area contributed by atoms with Gasteiger partial charge in [-0.1, -0.05) is 26.2 Å². The number of hydrogen-bond donors (Lipinski definition) is 2. The average Bonchev–Trinajstić information content (AvgIpc) is 2.45. The van der Waals surface area contributed by atoms with Crippen molar-refractivity contribution < 1.29 is 9.53 Å². The summed E-state index contributed by atoms with van der Waals surface area (Å²) in [5.41, 5.74) is 6.88. The van der Waals surface area contributed by atoms with E-state index in [4.69, 9.17) is 10.5 Å². The maximum absolute atomic E-state index is 12.2. The molecule has 2 rings (SSSR count). The molecule has 1 aromatic rings. The lowest BCUT2D eigenvalue weighted by Crippen LogP contribution is -2.33. The molecule has 0 heterocycles. The summed E-state index contributed by atoms with van der Waals surface area (Å²) in [5.74, 6) is 1.82. The lowest BCUT2D eigenvalue weighted by Gasteiger charge is -2.28. The second kappa shape index (κ2) is 6.64. The summed E-state index contributed by atoms with van der Waals surface area (Å²) in [6.45, 7) is 3.02. The topological polar surface area (TPSA) is 64.3 Å². The molecule has 1 saturated carbocycles. The number of benzene rings is 1. The third-order valence-electron chi connectivity index (χ3n) is 4.24. The number of anilines is 1. The van der Waals surface area contributed by atoms with E-state index in [1.54, 1.807) is 25.3 Å². The summed E-state index contributed by atoms with van der Waals surface area (Å²) in [5, 5.41) is 3.03. The minimum Gasteiger partial charge on any atom is -0.497 e. The van der Waals surface area contributed by atoms with Gasteiger partial charge in [0, 0.05) is 23.9 Å². The molecule has 4 nitrogen and oxygen atoms in total. The zero-order valence-corrected chi connectivity index (χ0v) is 12.3. The molecular formula is C16H24N2O2. The van der Waals surface area contributed by atoms with E-state index in [0.717, 1.165) is 6.54 Å². The number of carbonyl (C=O) groups excluding carboxylic acids is 1. The van der Waals surface area contributed by atoms with Gasteiger partial charge in [-0.05, 0) is 30.4 Å². The van der Waals surface area contributed by atoms with Gasteiger partial charge in [-0.2, -0.15) is 0 Å². The first-order chi connectivity index (χ1) is 9.60. The number of methoxy groups -OCH3 is 1. The molecule has 0 aliphatic heterocycles. The number of amides is 1. The molecule has 0 bridgehead atoms. The van der Waals surface area contributed by atoms with Gasteiger partial charge >= 0.3 is 0 Å². The van der Waals surface area contributed by atoms with Crippen LogP contribution in [0.15, 0.2) is 18.2 Å². The molecule has 1 aromatic carbocycles. The predicted octanol–water partition coefficient (Wildman–Crippen LogP) is 2.83. The summed E-state index contributed by atoms with van der Waals surface area (Å²) in [4.78, 5) is 12.2. The van der Waals surface area contributed by atoms with E-state index >= 15 is 0 Å². The van der Waals surface area contributed by atoms with Crippen LogP contribution >= 0.6 is 0 Å². The maximum Gasteiger partial charge on any atom is 0.251 e. The number of nitrogens with one attached hydrogen (secondary N) is 1. The lowest BCUT2D eigenvalue weighted by atomic mass is 9.80. The summed E-state index contributed by atoms with van der Waals surface area (Å²) in [6.07, 6.45) is 5.07. The molecule has 1 aliphatic carbocycles. The minimum absolute atomic E-state index is 0.0756. The summed E-state index contributed by atoms with van der Waals surface area (Å²) in [7, 11) is 1.57. The third kappa shape index (κ3) is 3.65. The Balaban J connectivity index is 1.96. The zero-order chi connectivity index (χ0) is 14.5. The number of nitrogens with two attached hydrogens (primary N) is 1. The number of hydrogen-bond acceptors (Lipinski definition) is 3. The predicted molar refractivity (Wildman–Crippen MR) is 80.9 cm³/mol. The van der Waals surface area contributed by atoms with Crippen molar-refractivity contribution in [3.63, 3.8) is 0 Å². The van der Waals surface area contributed by atoms with Gasteiger partial charge in [0.15, 0.2) is 0 Å². The number of carbonyl (C=O) groups is 1. The van der Waals surface area contributed by atoms with Crippen LogP contribution in [-0.4, -0.2) is 19.6 Å². The van der Waals surface area contributed by atoms with Gasteiger partial charge in [-0.3, -0.25) is 4.79 Å². The smallest absolute Gasteiger partial charge is 0.251 e. The molecule has 2 atom stereocenters. The summed E-state index contributed by atoms with van der Waals surface area (Å²) in [6, 6.07) is 5.11. The average molecular weight is 276 g/mol. The SMILES string of the molecule is COc1cc(N)cc(C(=O)NCC2CCCCC2C)c1. The van der Waals surface area contributed by atoms with Crippen LogP contribution in [0, 0.1) is 11.8 Å². The number of nitrogen functional groups attached to an aromatic ring is 1. The van der Waals surface area contributed by atoms with E-state index in [1.807, 2.05) is 0 Å². The Morgan fingerprint density at radius 2 is 2.10 bits per heavy atom. The van der Waals surface area contributed by atoms with Crippen molar-refractivity contribution in [2.75, 3.05) is 19.4 Å². The molecular weight excluding hydrogens is 252 g/mol. The Morgan fingerprint density at radius 1 is 1.35 bits per heavy atom. The molecule has 1 fully saturated rings. The standard InChI is InChI=1S/C16H24N2O2/c1-11-5-3-4-6-12(11)10-18-16(19)13-7-14(17)9-15(8-13)20-2/h7-9,11-12H,3-6,10,17H2,1-2H3,(H,18,19). The van der Waals surface area contributed by atoms with Gasteiger partial charge in [0.05, 0.1) is 7.11 Å². The van der Waals surface area contributed by atoms with Crippen molar-refractivity contribution in [1.82, 2.24) is 5.32 Å². The Hall–Kier alpha value is -1.71. The molecule has 20 heavy (non-hydrogen) atoms. The highest BCUT2D eigenvalue weighted by molar-refractivity contribution is 5.95. The van der Waals surface area contributed by atoms with Gasteiger partial charge < -0.3 is 15.8 Å². The first-order valence-electron chi connectivity index (χ1n) is 7.33. The van der Waals surface area contributed by atoms with Crippen LogP contribution in [0.4, 0.5) is 5.69 Å². The van der Waals surface area contributed by atoms with Crippen LogP contribution < -0.4 is 15.8 Å². The van der Waals surface area contributed by atoms with Crippen LogP contribution in [0.3, 0.4) is 0 Å². The fourth-order valence-corrected chi connectivity index (χ4v) is 2.89. The molecule has 0 aromatic heterocycles. The van der Waals surface area contributed by atoms with E-state index in [-0.39, 0.29) is 5.91 Å². The molecule has 1 amide bonds. The number of rotatable bonds is 4. The van der Waals surface area contributed by atoms with Crippen molar-refractivity contribution in [3.8, 4) is 5.75 Å². The first kappa shape index (κ1) is 14.7. The molecule has 0 spiro atoms. The lowest BCUT2D eigenvalue weighted by molar-refractivity contribution is 0.0936. The molecule has 0 radical (unpaired) electrons. The van der Waals surface area contributed by atoms with Gasteiger partial charge in [-0.25, -0.2) is 0 Å². The largest absolute Gasteiger partial charge is 0.497 e. The van der Waals surface area contributed by atoms with E-state index in [1.165, 1.54) is 25.7 Å². The first-order valence-corrected chi connectivity index (χ1v) is 7.33. The molecule has 1 aliphatic rings. The Kier molecular flexibility index (Phi) is 4.88. The maximum atomic E-state index is 12.2. The second-order valence-corrected chi connectivity index (χ2v) is 5.73. The van der Waals surface area contributed by atoms with Crippen LogP contribution in [0.25, 0.3) is 0 Å². The summed E-state index contributed by atoms with van der Waals surface area (Å²) < 4.78 is 5.14. The molecule has 110 valence electrons. The fourth-order valence-electron chi connectivity index (χ4n) is 2.89. The van der Waals surface area contributed by atoms with Gasteiger partial charge in [0.2, 0.25) is 0 Å². The van der Waals surface area contributed by atoms with Crippen LogP contribution in [-0.2, 0) is 0 Å². The van der Waals surface area contributed by atoms with Crippen molar-refractivity contribution in [1.29, 1.82) is 0 Å². The van der Waals surface area contributed by atoms with Crippen LogP contribution in [0.2, 0.25) is 0 Å². The second-order valence-electron chi connectivity index (χ2n) is 5.73. The van der Waals surface area contributed by atoms with Gasteiger partial charge in [-0.15, -0.1) is 0 Å².